The van der Waals surface area contributed by atoms with Crippen molar-refractivity contribution in [1.29, 1.82) is 0 Å². The molecule has 1 N–H and O–H groups in total. The van der Waals surface area contributed by atoms with Gasteiger partial charge in [-0.25, -0.2) is 0 Å². The van der Waals surface area contributed by atoms with E-state index in [1.165, 1.54) is 6.07 Å². The van der Waals surface area contributed by atoms with Crippen LogP contribution in [0.4, 0.5) is 13.2 Å². The van der Waals surface area contributed by atoms with Crippen molar-refractivity contribution in [2.45, 2.75) is 72.0 Å². The van der Waals surface area contributed by atoms with Crippen molar-refractivity contribution >= 4 is 22.7 Å². The van der Waals surface area contributed by atoms with Crippen molar-refractivity contribution in [2.75, 3.05) is 0 Å². The third kappa shape index (κ3) is 4.93. The van der Waals surface area contributed by atoms with Gasteiger partial charge in [0.25, 0.3) is 0 Å². The fraction of sp³-hybridized carbons (Fsp3) is 0.448. The van der Waals surface area contributed by atoms with Crippen molar-refractivity contribution < 1.29 is 27.9 Å². The Bertz CT molecular complexity index is 1310. The first-order chi connectivity index (χ1) is 16.8. The molecule has 0 radical (unpaired) electrons. The summed E-state index contributed by atoms with van der Waals surface area (Å²) in [5, 5.41) is 10.6. The number of Topliss-reactive ketones (excluding diaryl/α,β-unsaturated/α-hetero) is 1. The molecule has 1 aromatic heterocycles. The first-order valence-corrected chi connectivity index (χ1v) is 12.4. The van der Waals surface area contributed by atoms with Crippen LogP contribution in [0.5, 0.6) is 0 Å². The molecule has 0 amide bonds. The number of benzene rings is 2. The summed E-state index contributed by atoms with van der Waals surface area (Å²) in [5.74, 6) is -0.881. The highest BCUT2D eigenvalue weighted by molar-refractivity contribution is 6.11. The van der Waals surface area contributed by atoms with E-state index in [0.29, 0.717) is 16.8 Å². The van der Waals surface area contributed by atoms with E-state index in [2.05, 4.69) is 13.8 Å². The standard InChI is InChI=1S/C29H32F3NO3/c1-17(2)20-11-12-23-22(14-20)25(26(34)19-8-6-9-19)24(15-28(3,4)27(35)36)33(23)16-18-7-5-10-21(13-18)29(30,31)32/h5,7,10-14,17,19H,6,8-9,15-16H2,1-4H3,(H,35,36). The molecule has 0 spiro atoms. The van der Waals surface area contributed by atoms with Gasteiger partial charge in [0, 0.05) is 41.0 Å². The average molecular weight is 500 g/mol. The molecule has 0 unspecified atom stereocenters. The molecule has 192 valence electrons. The number of carbonyl (C=O) groups is 2. The summed E-state index contributed by atoms with van der Waals surface area (Å²) < 4.78 is 42.0. The number of alkyl halides is 3. The fourth-order valence-corrected chi connectivity index (χ4v) is 4.82. The van der Waals surface area contributed by atoms with Crippen molar-refractivity contribution in [3.63, 3.8) is 0 Å². The van der Waals surface area contributed by atoms with Crippen LogP contribution in [0.1, 0.15) is 85.6 Å². The normalized spacial score (nSPS) is 14.9. The molecule has 0 aliphatic heterocycles. The van der Waals surface area contributed by atoms with E-state index in [4.69, 9.17) is 0 Å². The predicted molar refractivity (Wildman–Crippen MR) is 133 cm³/mol. The van der Waals surface area contributed by atoms with Crippen molar-refractivity contribution in [3.05, 3.63) is 70.4 Å². The molecular formula is C29H32F3NO3. The molecule has 1 heterocycles. The lowest BCUT2D eigenvalue weighted by atomic mass is 9.78. The Hall–Kier alpha value is -3.09. The molecule has 3 aromatic rings. The van der Waals surface area contributed by atoms with Crippen molar-refractivity contribution in [1.82, 2.24) is 4.57 Å². The number of carbonyl (C=O) groups excluding carboxylic acids is 1. The maximum atomic E-state index is 13.7. The molecule has 36 heavy (non-hydrogen) atoms. The summed E-state index contributed by atoms with van der Waals surface area (Å²) in [5.41, 5.74) is 1.41. The smallest absolute Gasteiger partial charge is 0.416 e. The van der Waals surface area contributed by atoms with Gasteiger partial charge in [0.15, 0.2) is 5.78 Å². The second-order valence-electron chi connectivity index (χ2n) is 10.9. The van der Waals surface area contributed by atoms with Gasteiger partial charge in [-0.15, -0.1) is 0 Å². The Kier molecular flexibility index (Phi) is 6.80. The molecule has 0 bridgehead atoms. The summed E-state index contributed by atoms with van der Waals surface area (Å²) in [7, 11) is 0. The number of fused-ring (bicyclic) bond motifs is 1. The van der Waals surface area contributed by atoms with Crippen LogP contribution in [0.15, 0.2) is 42.5 Å². The molecule has 0 atom stereocenters. The topological polar surface area (TPSA) is 59.3 Å². The fourth-order valence-electron chi connectivity index (χ4n) is 4.82. The molecule has 1 saturated carbocycles. The number of ketones is 1. The van der Waals surface area contributed by atoms with Gasteiger partial charge < -0.3 is 9.67 Å². The van der Waals surface area contributed by atoms with Crippen LogP contribution in [0, 0.1) is 11.3 Å². The van der Waals surface area contributed by atoms with Gasteiger partial charge in [0.05, 0.1) is 11.0 Å². The van der Waals surface area contributed by atoms with E-state index in [1.807, 2.05) is 22.8 Å². The zero-order valence-corrected chi connectivity index (χ0v) is 21.1. The Morgan fingerprint density at radius 2 is 1.78 bits per heavy atom. The summed E-state index contributed by atoms with van der Waals surface area (Å²) >= 11 is 0. The number of rotatable bonds is 8. The van der Waals surface area contributed by atoms with Crippen LogP contribution < -0.4 is 0 Å². The van der Waals surface area contributed by atoms with E-state index in [-0.39, 0.29) is 30.6 Å². The second-order valence-corrected chi connectivity index (χ2v) is 10.9. The maximum Gasteiger partial charge on any atom is 0.416 e. The second kappa shape index (κ2) is 9.41. The third-order valence-electron chi connectivity index (χ3n) is 7.37. The number of halogens is 3. The first-order valence-electron chi connectivity index (χ1n) is 12.4. The Morgan fingerprint density at radius 1 is 1.08 bits per heavy atom. The number of nitrogens with zero attached hydrogens (tertiary/aromatic N) is 1. The molecule has 1 aliphatic rings. The van der Waals surface area contributed by atoms with Crippen molar-refractivity contribution in [3.8, 4) is 0 Å². The lowest BCUT2D eigenvalue weighted by Gasteiger charge is -2.26. The Labute approximate surface area is 209 Å². The van der Waals surface area contributed by atoms with E-state index in [9.17, 15) is 27.9 Å². The van der Waals surface area contributed by atoms with E-state index in [0.717, 1.165) is 47.9 Å². The molecule has 4 nitrogen and oxygen atoms in total. The van der Waals surface area contributed by atoms with E-state index in [1.54, 1.807) is 19.9 Å². The SMILES string of the molecule is CC(C)c1ccc2c(c1)c(C(=O)C1CCC1)c(CC(C)(C)C(=O)O)n2Cc1cccc(C(F)(F)F)c1. The zero-order valence-electron chi connectivity index (χ0n) is 21.1. The number of aromatic nitrogens is 1. The van der Waals surface area contributed by atoms with Gasteiger partial charge in [-0.3, -0.25) is 9.59 Å². The maximum absolute atomic E-state index is 13.7. The van der Waals surface area contributed by atoms with Crippen LogP contribution >= 0.6 is 0 Å². The molecule has 2 aromatic carbocycles. The number of hydrogen-bond acceptors (Lipinski definition) is 2. The monoisotopic (exact) mass is 499 g/mol. The predicted octanol–water partition coefficient (Wildman–Crippen LogP) is 7.47. The lowest BCUT2D eigenvalue weighted by molar-refractivity contribution is -0.147. The minimum atomic E-state index is -4.47. The molecule has 4 rings (SSSR count). The molecule has 1 aliphatic carbocycles. The average Bonchev–Trinajstić information content (AvgIpc) is 3.03. The largest absolute Gasteiger partial charge is 0.481 e. The van der Waals surface area contributed by atoms with E-state index < -0.39 is 23.1 Å². The summed E-state index contributed by atoms with van der Waals surface area (Å²) in [6, 6.07) is 11.0. The van der Waals surface area contributed by atoms with Gasteiger partial charge >= 0.3 is 12.1 Å². The molecule has 1 fully saturated rings. The first kappa shape index (κ1) is 26.0. The van der Waals surface area contributed by atoms with Gasteiger partial charge in [-0.05, 0) is 68.0 Å². The van der Waals surface area contributed by atoms with Gasteiger partial charge in [-0.1, -0.05) is 38.5 Å². The number of carboxylic acids is 1. The lowest BCUT2D eigenvalue weighted by Crippen LogP contribution is -2.29. The van der Waals surface area contributed by atoms with Gasteiger partial charge in [-0.2, -0.15) is 13.2 Å². The van der Waals surface area contributed by atoms with Crippen LogP contribution in [0.2, 0.25) is 0 Å². The minimum absolute atomic E-state index is 0.00568. The van der Waals surface area contributed by atoms with E-state index >= 15 is 0 Å². The van der Waals surface area contributed by atoms with Crippen LogP contribution in [-0.2, 0) is 23.9 Å². The Morgan fingerprint density at radius 3 is 2.33 bits per heavy atom. The molecular weight excluding hydrogens is 467 g/mol. The zero-order chi connectivity index (χ0) is 26.4. The van der Waals surface area contributed by atoms with Gasteiger partial charge in [0.2, 0.25) is 0 Å². The van der Waals surface area contributed by atoms with Crippen LogP contribution in [-0.4, -0.2) is 21.4 Å². The highest BCUT2D eigenvalue weighted by Gasteiger charge is 2.36. The number of aliphatic carboxylic acids is 1. The third-order valence-corrected chi connectivity index (χ3v) is 7.37. The Balaban J connectivity index is 1.96. The highest BCUT2D eigenvalue weighted by Crippen LogP contribution is 2.39. The molecule has 7 heteroatoms. The number of carboxylic acid groups (broad SMARTS) is 1. The molecule has 0 saturated heterocycles. The quantitative estimate of drug-likeness (QED) is 0.327. The van der Waals surface area contributed by atoms with Crippen LogP contribution in [0.3, 0.4) is 0 Å². The highest BCUT2D eigenvalue weighted by atomic mass is 19.4. The van der Waals surface area contributed by atoms with Crippen LogP contribution in [0.25, 0.3) is 10.9 Å². The van der Waals surface area contributed by atoms with Gasteiger partial charge in [0.1, 0.15) is 0 Å². The van der Waals surface area contributed by atoms with Crippen molar-refractivity contribution in [2.24, 2.45) is 11.3 Å². The minimum Gasteiger partial charge on any atom is -0.481 e. The summed E-state index contributed by atoms with van der Waals surface area (Å²) in [6.45, 7) is 7.44. The number of hydrogen-bond donors (Lipinski definition) is 1. The summed E-state index contributed by atoms with van der Waals surface area (Å²) in [6.07, 6.45) is -1.82. The summed E-state index contributed by atoms with van der Waals surface area (Å²) in [4.78, 5) is 25.8.